The van der Waals surface area contributed by atoms with E-state index in [0.29, 0.717) is 17.1 Å². The molecule has 0 N–H and O–H groups in total. The summed E-state index contributed by atoms with van der Waals surface area (Å²) in [5.74, 6) is 2.49. The second-order valence-electron chi connectivity index (χ2n) is 7.18. The first kappa shape index (κ1) is 15.6. The van der Waals surface area contributed by atoms with Gasteiger partial charge in [-0.05, 0) is 25.7 Å². The largest absolute Gasteiger partial charge is 0.353 e. The lowest BCUT2D eigenvalue weighted by Gasteiger charge is -2.31. The fourth-order valence-corrected chi connectivity index (χ4v) is 3.01. The normalized spacial score (nSPS) is 20.0. The summed E-state index contributed by atoms with van der Waals surface area (Å²) in [4.78, 5) is 11.8. The summed E-state index contributed by atoms with van der Waals surface area (Å²) in [6, 6.07) is 0.562. The van der Waals surface area contributed by atoms with Crippen molar-refractivity contribution in [3.8, 4) is 0 Å². The topological polar surface area (TPSA) is 29.0 Å². The molecule has 0 aliphatic carbocycles. The summed E-state index contributed by atoms with van der Waals surface area (Å²) < 4.78 is 0. The molecule has 20 heavy (non-hydrogen) atoms. The summed E-state index contributed by atoms with van der Waals surface area (Å²) in [5.41, 5.74) is 0.922. The summed E-state index contributed by atoms with van der Waals surface area (Å²) in [6.45, 7) is 14.0. The Morgan fingerprint density at radius 1 is 1.25 bits per heavy atom. The van der Waals surface area contributed by atoms with E-state index in [0.717, 1.165) is 23.8 Å². The highest BCUT2D eigenvalue weighted by Crippen LogP contribution is 2.34. The number of anilines is 1. The SMILES string of the molecule is Cc1c(Cl)nc(C(C)(C)C)nc1N1CCCC1C(C)C. The van der Waals surface area contributed by atoms with Gasteiger partial charge < -0.3 is 4.90 Å². The molecule has 1 aromatic rings. The maximum Gasteiger partial charge on any atom is 0.137 e. The monoisotopic (exact) mass is 295 g/mol. The molecular formula is C16H26ClN3. The maximum atomic E-state index is 6.35. The van der Waals surface area contributed by atoms with E-state index >= 15 is 0 Å². The molecule has 0 radical (unpaired) electrons. The van der Waals surface area contributed by atoms with Gasteiger partial charge in [-0.2, -0.15) is 0 Å². The number of nitrogens with zero attached hydrogens (tertiary/aromatic N) is 3. The van der Waals surface area contributed by atoms with Crippen molar-refractivity contribution in [1.29, 1.82) is 0 Å². The molecule has 2 heterocycles. The van der Waals surface area contributed by atoms with Crippen LogP contribution >= 0.6 is 11.6 Å². The molecule has 0 amide bonds. The zero-order chi connectivity index (χ0) is 15.1. The molecule has 1 atom stereocenters. The van der Waals surface area contributed by atoms with Crippen LogP contribution in [-0.4, -0.2) is 22.6 Å². The van der Waals surface area contributed by atoms with Crippen LogP contribution in [0.5, 0.6) is 0 Å². The molecule has 4 heteroatoms. The number of aromatic nitrogens is 2. The van der Waals surface area contributed by atoms with Crippen LogP contribution in [0, 0.1) is 12.8 Å². The predicted molar refractivity (Wildman–Crippen MR) is 85.7 cm³/mol. The molecule has 0 bridgehead atoms. The lowest BCUT2D eigenvalue weighted by Crippen LogP contribution is -2.35. The highest BCUT2D eigenvalue weighted by atomic mass is 35.5. The number of hydrogen-bond donors (Lipinski definition) is 0. The van der Waals surface area contributed by atoms with E-state index in [4.69, 9.17) is 16.6 Å². The van der Waals surface area contributed by atoms with E-state index in [1.165, 1.54) is 12.8 Å². The van der Waals surface area contributed by atoms with Crippen LogP contribution in [0.3, 0.4) is 0 Å². The zero-order valence-electron chi connectivity index (χ0n) is 13.5. The Labute approximate surface area is 127 Å². The van der Waals surface area contributed by atoms with Crippen molar-refractivity contribution in [3.05, 3.63) is 16.5 Å². The van der Waals surface area contributed by atoms with Crippen molar-refractivity contribution in [3.63, 3.8) is 0 Å². The molecule has 1 fully saturated rings. The first-order valence-corrected chi connectivity index (χ1v) is 7.91. The second-order valence-corrected chi connectivity index (χ2v) is 7.54. The van der Waals surface area contributed by atoms with Gasteiger partial charge >= 0.3 is 0 Å². The highest BCUT2D eigenvalue weighted by molar-refractivity contribution is 6.30. The van der Waals surface area contributed by atoms with Crippen LogP contribution in [0.4, 0.5) is 5.82 Å². The minimum atomic E-state index is -0.0842. The van der Waals surface area contributed by atoms with Gasteiger partial charge in [0, 0.05) is 23.6 Å². The third-order valence-electron chi connectivity index (χ3n) is 4.07. The van der Waals surface area contributed by atoms with E-state index in [-0.39, 0.29) is 5.41 Å². The van der Waals surface area contributed by atoms with E-state index in [1.807, 2.05) is 6.92 Å². The lowest BCUT2D eigenvalue weighted by molar-refractivity contribution is 0.485. The van der Waals surface area contributed by atoms with Crippen LogP contribution in [0.25, 0.3) is 0 Å². The standard InChI is InChI=1S/C16H26ClN3/c1-10(2)12-8-7-9-20(12)14-11(3)13(17)18-15(19-14)16(4,5)6/h10,12H,7-9H2,1-6H3. The lowest BCUT2D eigenvalue weighted by atomic mass is 9.95. The molecule has 112 valence electrons. The molecular weight excluding hydrogens is 270 g/mol. The Bertz CT molecular complexity index is 491. The van der Waals surface area contributed by atoms with Gasteiger partial charge in [0.2, 0.25) is 0 Å². The number of rotatable bonds is 2. The molecule has 1 aliphatic rings. The van der Waals surface area contributed by atoms with E-state index in [1.54, 1.807) is 0 Å². The summed E-state index contributed by atoms with van der Waals surface area (Å²) in [6.07, 6.45) is 2.47. The van der Waals surface area contributed by atoms with Gasteiger partial charge in [0.1, 0.15) is 16.8 Å². The highest BCUT2D eigenvalue weighted by Gasteiger charge is 2.31. The Morgan fingerprint density at radius 2 is 1.90 bits per heavy atom. The fourth-order valence-electron chi connectivity index (χ4n) is 2.84. The van der Waals surface area contributed by atoms with Gasteiger partial charge in [-0.15, -0.1) is 0 Å². The Balaban J connectivity index is 2.48. The van der Waals surface area contributed by atoms with Gasteiger partial charge in [-0.3, -0.25) is 0 Å². The molecule has 0 saturated carbocycles. The van der Waals surface area contributed by atoms with Crippen molar-refractivity contribution >= 4 is 17.4 Å². The van der Waals surface area contributed by atoms with Crippen molar-refractivity contribution in [1.82, 2.24) is 9.97 Å². The van der Waals surface area contributed by atoms with Crippen LogP contribution in [0.1, 0.15) is 58.8 Å². The molecule has 0 aromatic carbocycles. The number of halogens is 1. The smallest absolute Gasteiger partial charge is 0.137 e. The molecule has 1 unspecified atom stereocenters. The molecule has 1 saturated heterocycles. The summed E-state index contributed by atoms with van der Waals surface area (Å²) in [5, 5.41) is 0.592. The van der Waals surface area contributed by atoms with Gasteiger partial charge in [-0.1, -0.05) is 46.2 Å². The molecule has 1 aromatic heterocycles. The van der Waals surface area contributed by atoms with Gasteiger partial charge in [0.25, 0.3) is 0 Å². The van der Waals surface area contributed by atoms with Crippen LogP contribution < -0.4 is 4.90 Å². The predicted octanol–water partition coefficient (Wildman–Crippen LogP) is 4.36. The van der Waals surface area contributed by atoms with E-state index in [9.17, 15) is 0 Å². The third kappa shape index (κ3) is 2.93. The zero-order valence-corrected chi connectivity index (χ0v) is 14.3. The van der Waals surface area contributed by atoms with Gasteiger partial charge in [0.15, 0.2) is 0 Å². The fraction of sp³-hybridized carbons (Fsp3) is 0.750. The second kappa shape index (κ2) is 5.51. The average molecular weight is 296 g/mol. The first-order valence-electron chi connectivity index (χ1n) is 7.53. The maximum absolute atomic E-state index is 6.35. The molecule has 3 nitrogen and oxygen atoms in total. The Kier molecular flexibility index (Phi) is 4.29. The van der Waals surface area contributed by atoms with Gasteiger partial charge in [0.05, 0.1) is 0 Å². The average Bonchev–Trinajstić information content (AvgIpc) is 2.80. The molecule has 0 spiro atoms. The summed E-state index contributed by atoms with van der Waals surface area (Å²) >= 11 is 6.35. The Hall–Kier alpha value is -0.830. The van der Waals surface area contributed by atoms with Crippen molar-refractivity contribution in [2.45, 2.75) is 65.8 Å². The van der Waals surface area contributed by atoms with Crippen molar-refractivity contribution in [2.75, 3.05) is 11.4 Å². The van der Waals surface area contributed by atoms with E-state index < -0.39 is 0 Å². The summed E-state index contributed by atoms with van der Waals surface area (Å²) in [7, 11) is 0. The van der Waals surface area contributed by atoms with E-state index in [2.05, 4.69) is 44.5 Å². The quantitative estimate of drug-likeness (QED) is 0.759. The minimum Gasteiger partial charge on any atom is -0.353 e. The van der Waals surface area contributed by atoms with Crippen molar-refractivity contribution < 1.29 is 0 Å². The van der Waals surface area contributed by atoms with Crippen LogP contribution in [0.2, 0.25) is 5.15 Å². The molecule has 2 rings (SSSR count). The first-order chi connectivity index (χ1) is 9.21. The van der Waals surface area contributed by atoms with Crippen molar-refractivity contribution in [2.24, 2.45) is 5.92 Å². The van der Waals surface area contributed by atoms with Crippen LogP contribution in [0.15, 0.2) is 0 Å². The molecule has 1 aliphatic heterocycles. The Morgan fingerprint density at radius 3 is 2.45 bits per heavy atom. The minimum absolute atomic E-state index is 0.0842. The third-order valence-corrected chi connectivity index (χ3v) is 4.44. The number of hydrogen-bond acceptors (Lipinski definition) is 3. The van der Waals surface area contributed by atoms with Gasteiger partial charge in [-0.25, -0.2) is 9.97 Å². The van der Waals surface area contributed by atoms with Crippen LogP contribution in [-0.2, 0) is 5.41 Å².